The Morgan fingerprint density at radius 3 is 1.78 bits per heavy atom. The molecule has 92 valence electrons. The molecule has 0 unspecified atom stereocenters. The van der Waals surface area contributed by atoms with Crippen molar-refractivity contribution in [1.82, 2.24) is 4.90 Å². The van der Waals surface area contributed by atoms with E-state index in [0.717, 1.165) is 6.29 Å². The van der Waals surface area contributed by atoms with Gasteiger partial charge in [-0.25, -0.2) is 0 Å². The van der Waals surface area contributed by atoms with Crippen LogP contribution in [0.3, 0.4) is 0 Å². The lowest BCUT2D eigenvalue weighted by molar-refractivity contribution is -0.108. The molecule has 0 amide bonds. The number of aldehydes is 1. The van der Waals surface area contributed by atoms with Gasteiger partial charge in [0.2, 0.25) is 0 Å². The Balaban J connectivity index is 2.38. The Labute approximate surface area is 108 Å². The summed E-state index contributed by atoms with van der Waals surface area (Å²) < 4.78 is 0. The number of likely N-dealkylation sites (N-methyl/N-ethyl adjacent to an activating group) is 1. The van der Waals surface area contributed by atoms with Gasteiger partial charge in [-0.15, -0.1) is 0 Å². The minimum absolute atomic E-state index is 0.123. The third kappa shape index (κ3) is 2.84. The highest BCUT2D eigenvalue weighted by atomic mass is 16.1. The summed E-state index contributed by atoms with van der Waals surface area (Å²) in [6, 6.07) is 20.6. The largest absolute Gasteiger partial charge is 0.302 e. The van der Waals surface area contributed by atoms with E-state index in [0.29, 0.717) is 6.54 Å². The molecule has 0 aliphatic rings. The van der Waals surface area contributed by atoms with E-state index in [1.807, 2.05) is 43.4 Å². The molecule has 0 aromatic heterocycles. The number of nitrogens with zero attached hydrogens (tertiary/aromatic N) is 1. The molecule has 0 radical (unpaired) electrons. The molecule has 0 atom stereocenters. The quantitative estimate of drug-likeness (QED) is 0.748. The van der Waals surface area contributed by atoms with E-state index in [1.54, 1.807) is 0 Å². The van der Waals surface area contributed by atoms with Crippen molar-refractivity contribution < 1.29 is 4.79 Å². The SMILES string of the molecule is CN(CC=O)C(c1ccccc1)c1ccccc1. The van der Waals surface area contributed by atoms with Crippen LogP contribution >= 0.6 is 0 Å². The Hall–Kier alpha value is -1.93. The van der Waals surface area contributed by atoms with Crippen LogP contribution in [0.4, 0.5) is 0 Å². The molecule has 2 rings (SSSR count). The van der Waals surface area contributed by atoms with Gasteiger partial charge in [0.15, 0.2) is 0 Å². The van der Waals surface area contributed by atoms with Crippen LogP contribution in [0.1, 0.15) is 17.2 Å². The molecule has 0 saturated carbocycles. The molecule has 2 nitrogen and oxygen atoms in total. The second-order valence-corrected chi connectivity index (χ2v) is 4.33. The highest BCUT2D eigenvalue weighted by Crippen LogP contribution is 2.26. The summed E-state index contributed by atoms with van der Waals surface area (Å²) in [5.74, 6) is 0. The molecule has 0 N–H and O–H groups in total. The lowest BCUT2D eigenvalue weighted by atomic mass is 9.97. The first-order valence-electron chi connectivity index (χ1n) is 6.06. The smallest absolute Gasteiger partial charge is 0.133 e. The fourth-order valence-corrected chi connectivity index (χ4v) is 2.20. The maximum atomic E-state index is 10.7. The van der Waals surface area contributed by atoms with Crippen LogP contribution in [-0.2, 0) is 4.79 Å². The van der Waals surface area contributed by atoms with Crippen molar-refractivity contribution >= 4 is 6.29 Å². The standard InChI is InChI=1S/C16H17NO/c1-17(12-13-18)16(14-8-4-2-5-9-14)15-10-6-3-7-11-15/h2-11,13,16H,12H2,1H3. The second kappa shape index (κ2) is 6.12. The zero-order valence-corrected chi connectivity index (χ0v) is 10.5. The molecule has 2 aromatic rings. The summed E-state index contributed by atoms with van der Waals surface area (Å²) in [5.41, 5.74) is 2.40. The van der Waals surface area contributed by atoms with Crippen molar-refractivity contribution in [1.29, 1.82) is 0 Å². The predicted molar refractivity (Wildman–Crippen MR) is 73.4 cm³/mol. The van der Waals surface area contributed by atoms with Crippen molar-refractivity contribution in [3.05, 3.63) is 71.8 Å². The second-order valence-electron chi connectivity index (χ2n) is 4.33. The molecule has 0 saturated heterocycles. The monoisotopic (exact) mass is 239 g/mol. The van der Waals surface area contributed by atoms with Crippen LogP contribution in [0, 0.1) is 0 Å². The Morgan fingerprint density at radius 2 is 1.39 bits per heavy atom. The topological polar surface area (TPSA) is 20.3 Å². The summed E-state index contributed by atoms with van der Waals surface area (Å²) in [5, 5.41) is 0. The minimum atomic E-state index is 0.123. The molecule has 0 aliphatic heterocycles. The summed E-state index contributed by atoms with van der Waals surface area (Å²) in [6.45, 7) is 0.425. The van der Waals surface area contributed by atoms with Crippen molar-refractivity contribution in [2.45, 2.75) is 6.04 Å². The van der Waals surface area contributed by atoms with Crippen LogP contribution in [-0.4, -0.2) is 24.8 Å². The third-order valence-electron chi connectivity index (χ3n) is 3.03. The molecule has 0 fully saturated rings. The van der Waals surface area contributed by atoms with Gasteiger partial charge in [0.05, 0.1) is 12.6 Å². The predicted octanol–water partition coefficient (Wildman–Crippen LogP) is 2.91. The van der Waals surface area contributed by atoms with Gasteiger partial charge in [0.25, 0.3) is 0 Å². The molecule has 0 heterocycles. The van der Waals surface area contributed by atoms with Gasteiger partial charge in [-0.3, -0.25) is 4.90 Å². The van der Waals surface area contributed by atoms with Gasteiger partial charge in [-0.1, -0.05) is 60.7 Å². The van der Waals surface area contributed by atoms with Crippen LogP contribution < -0.4 is 0 Å². The van der Waals surface area contributed by atoms with Gasteiger partial charge in [-0.05, 0) is 18.2 Å². The van der Waals surface area contributed by atoms with Crippen molar-refractivity contribution in [3.8, 4) is 0 Å². The fourth-order valence-electron chi connectivity index (χ4n) is 2.20. The molecule has 2 aromatic carbocycles. The maximum absolute atomic E-state index is 10.7. The zero-order valence-electron chi connectivity index (χ0n) is 10.5. The lowest BCUT2D eigenvalue weighted by Gasteiger charge is -2.27. The number of hydrogen-bond acceptors (Lipinski definition) is 2. The van der Waals surface area contributed by atoms with E-state index in [-0.39, 0.29) is 6.04 Å². The van der Waals surface area contributed by atoms with Crippen molar-refractivity contribution in [3.63, 3.8) is 0 Å². The van der Waals surface area contributed by atoms with E-state index in [9.17, 15) is 4.79 Å². The summed E-state index contributed by atoms with van der Waals surface area (Å²) >= 11 is 0. The normalized spacial score (nSPS) is 10.8. The number of hydrogen-bond donors (Lipinski definition) is 0. The fraction of sp³-hybridized carbons (Fsp3) is 0.188. The van der Waals surface area contributed by atoms with Crippen LogP contribution in [0.2, 0.25) is 0 Å². The summed E-state index contributed by atoms with van der Waals surface area (Å²) in [4.78, 5) is 12.8. The van der Waals surface area contributed by atoms with Crippen molar-refractivity contribution in [2.75, 3.05) is 13.6 Å². The van der Waals surface area contributed by atoms with Gasteiger partial charge >= 0.3 is 0 Å². The molecule has 0 aliphatic carbocycles. The van der Waals surface area contributed by atoms with Gasteiger partial charge in [0, 0.05) is 0 Å². The molecule has 2 heteroatoms. The highest BCUT2D eigenvalue weighted by molar-refractivity contribution is 5.52. The van der Waals surface area contributed by atoms with E-state index >= 15 is 0 Å². The van der Waals surface area contributed by atoms with Crippen molar-refractivity contribution in [2.24, 2.45) is 0 Å². The molecular weight excluding hydrogens is 222 g/mol. The van der Waals surface area contributed by atoms with Crippen LogP contribution in [0.25, 0.3) is 0 Å². The molecule has 0 spiro atoms. The average Bonchev–Trinajstić information content (AvgIpc) is 2.42. The number of benzene rings is 2. The maximum Gasteiger partial charge on any atom is 0.133 e. The molecular formula is C16H17NO. The minimum Gasteiger partial charge on any atom is -0.302 e. The Bertz CT molecular complexity index is 441. The number of carbonyl (C=O) groups excluding carboxylic acids is 1. The summed E-state index contributed by atoms with van der Waals surface area (Å²) in [7, 11) is 1.97. The van der Waals surface area contributed by atoms with Gasteiger partial charge in [-0.2, -0.15) is 0 Å². The van der Waals surface area contributed by atoms with Gasteiger partial charge in [0.1, 0.15) is 6.29 Å². The first-order chi connectivity index (χ1) is 8.83. The first-order valence-corrected chi connectivity index (χ1v) is 6.06. The average molecular weight is 239 g/mol. The molecule has 18 heavy (non-hydrogen) atoms. The number of rotatable bonds is 5. The third-order valence-corrected chi connectivity index (χ3v) is 3.03. The molecule has 0 bridgehead atoms. The lowest BCUT2D eigenvalue weighted by Crippen LogP contribution is -2.27. The van der Waals surface area contributed by atoms with E-state index in [2.05, 4.69) is 29.2 Å². The van der Waals surface area contributed by atoms with Gasteiger partial charge < -0.3 is 4.79 Å². The van der Waals surface area contributed by atoms with E-state index in [1.165, 1.54) is 11.1 Å². The van der Waals surface area contributed by atoms with E-state index < -0.39 is 0 Å². The first kappa shape index (κ1) is 12.5. The Kier molecular flexibility index (Phi) is 4.26. The van der Waals surface area contributed by atoms with Crippen LogP contribution in [0.5, 0.6) is 0 Å². The zero-order chi connectivity index (χ0) is 12.8. The van der Waals surface area contributed by atoms with Crippen LogP contribution in [0.15, 0.2) is 60.7 Å². The number of carbonyl (C=O) groups is 1. The highest BCUT2D eigenvalue weighted by Gasteiger charge is 2.18. The van der Waals surface area contributed by atoms with E-state index in [4.69, 9.17) is 0 Å². The summed E-state index contributed by atoms with van der Waals surface area (Å²) in [6.07, 6.45) is 0.943. The Morgan fingerprint density at radius 1 is 0.944 bits per heavy atom.